The second-order valence-electron chi connectivity index (χ2n) is 10.5. The van der Waals surface area contributed by atoms with Gasteiger partial charge < -0.3 is 5.11 Å². The number of phenolic OH excluding ortho intramolecular Hbond substituents is 1. The quantitative estimate of drug-likeness (QED) is 0.235. The van der Waals surface area contributed by atoms with Gasteiger partial charge >= 0.3 is 0 Å². The highest BCUT2D eigenvalue weighted by atomic mass is 79.9. The van der Waals surface area contributed by atoms with E-state index in [1.807, 2.05) is 6.08 Å². The second-order valence-corrected chi connectivity index (χ2v) is 11.5. The van der Waals surface area contributed by atoms with Gasteiger partial charge in [0, 0.05) is 38.2 Å². The first kappa shape index (κ1) is 25.4. The summed E-state index contributed by atoms with van der Waals surface area (Å²) >= 11 is 3.45. The normalized spacial score (nSPS) is 26.2. The van der Waals surface area contributed by atoms with E-state index in [9.17, 15) is 29.1 Å². The average Bonchev–Trinajstić information content (AvgIpc) is 3.17. The topological polar surface area (TPSA) is 109 Å². The van der Waals surface area contributed by atoms with Crippen molar-refractivity contribution in [3.63, 3.8) is 0 Å². The molecule has 4 atom stereocenters. The SMILES string of the molecule is CC(=O)c1ccc(N2C(=O)C3CC=C4C(c5cc(Br)ccc5O)C5=C(CC4C3C2=O)C(=O)C(C)=CC5=O)cc1. The van der Waals surface area contributed by atoms with Crippen LogP contribution in [0.4, 0.5) is 5.69 Å². The zero-order valence-electron chi connectivity index (χ0n) is 21.2. The Balaban J connectivity index is 1.47. The van der Waals surface area contributed by atoms with Gasteiger partial charge in [-0.05, 0) is 81.1 Å². The van der Waals surface area contributed by atoms with Crippen molar-refractivity contribution >= 4 is 50.8 Å². The van der Waals surface area contributed by atoms with E-state index in [1.54, 1.807) is 43.3 Å². The van der Waals surface area contributed by atoms with Gasteiger partial charge in [-0.1, -0.05) is 27.6 Å². The molecule has 0 aromatic heterocycles. The van der Waals surface area contributed by atoms with Crippen LogP contribution in [0.25, 0.3) is 0 Å². The number of rotatable bonds is 3. The van der Waals surface area contributed by atoms with Crippen LogP contribution in [0.5, 0.6) is 5.75 Å². The number of amides is 2. The van der Waals surface area contributed by atoms with E-state index < -0.39 is 23.7 Å². The predicted octanol–water partition coefficient (Wildman–Crippen LogP) is 4.99. The maximum Gasteiger partial charge on any atom is 0.238 e. The van der Waals surface area contributed by atoms with Crippen LogP contribution in [-0.2, 0) is 19.2 Å². The Kier molecular flexibility index (Phi) is 5.91. The number of hydrogen-bond donors (Lipinski definition) is 1. The van der Waals surface area contributed by atoms with Crippen molar-refractivity contribution in [1.82, 2.24) is 0 Å². The molecule has 2 aromatic carbocycles. The summed E-state index contributed by atoms with van der Waals surface area (Å²) in [6.07, 6.45) is 3.72. The van der Waals surface area contributed by atoms with Crippen LogP contribution < -0.4 is 4.90 Å². The van der Waals surface area contributed by atoms with E-state index in [0.717, 1.165) is 5.57 Å². The van der Waals surface area contributed by atoms with Gasteiger partial charge in [-0.2, -0.15) is 0 Å². The van der Waals surface area contributed by atoms with Crippen molar-refractivity contribution < 1.29 is 29.1 Å². The summed E-state index contributed by atoms with van der Waals surface area (Å²) in [7, 11) is 0. The predicted molar refractivity (Wildman–Crippen MR) is 146 cm³/mol. The average molecular weight is 586 g/mol. The number of phenols is 1. The molecule has 8 heteroatoms. The molecule has 0 radical (unpaired) electrons. The van der Waals surface area contributed by atoms with E-state index in [1.165, 1.54) is 24.0 Å². The number of aromatic hydroxyl groups is 1. The smallest absolute Gasteiger partial charge is 0.238 e. The lowest BCUT2D eigenvalue weighted by atomic mass is 9.59. The molecular weight excluding hydrogens is 562 g/mol. The highest BCUT2D eigenvalue weighted by molar-refractivity contribution is 9.10. The number of allylic oxidation sites excluding steroid dienone is 6. The summed E-state index contributed by atoms with van der Waals surface area (Å²) < 4.78 is 0.697. The fraction of sp³-hybridized carbons (Fsp3) is 0.258. The molecule has 3 aliphatic carbocycles. The van der Waals surface area contributed by atoms with Crippen molar-refractivity contribution in [2.75, 3.05) is 4.90 Å². The van der Waals surface area contributed by atoms with Crippen LogP contribution >= 0.6 is 15.9 Å². The maximum atomic E-state index is 13.9. The van der Waals surface area contributed by atoms with Crippen LogP contribution in [-0.4, -0.2) is 34.3 Å². The van der Waals surface area contributed by atoms with Gasteiger partial charge in [0.2, 0.25) is 11.8 Å². The maximum absolute atomic E-state index is 13.9. The molecular formula is C31H24BrNO6. The van der Waals surface area contributed by atoms with E-state index in [4.69, 9.17) is 0 Å². The number of benzene rings is 2. The Labute approximate surface area is 233 Å². The number of imide groups is 1. The lowest BCUT2D eigenvalue weighted by Crippen LogP contribution is -2.39. The second kappa shape index (κ2) is 9.09. The number of nitrogens with zero attached hydrogens (tertiary/aromatic N) is 1. The van der Waals surface area contributed by atoms with Crippen LogP contribution in [0.2, 0.25) is 0 Å². The molecule has 0 saturated carbocycles. The zero-order chi connectivity index (χ0) is 27.7. The van der Waals surface area contributed by atoms with Crippen LogP contribution in [0.1, 0.15) is 48.5 Å². The molecule has 0 spiro atoms. The Bertz CT molecular complexity index is 1610. The number of carbonyl (C=O) groups excluding carboxylic acids is 5. The van der Waals surface area contributed by atoms with Gasteiger partial charge in [0.05, 0.1) is 17.5 Å². The standard InChI is InChI=1S/C31H24BrNO6/c1-14-11-25(36)28-23(29(14)37)13-21-19(26(28)22-12-17(32)5-10-24(22)35)8-9-20-27(21)31(39)33(30(20)38)18-6-3-16(4-7-18)15(2)34/h3-8,10-12,20-21,26-27,35H,9,13H2,1-2H3. The van der Waals surface area contributed by atoms with Gasteiger partial charge in [0.1, 0.15) is 5.75 Å². The number of ketones is 3. The van der Waals surface area contributed by atoms with Gasteiger partial charge in [0.25, 0.3) is 0 Å². The van der Waals surface area contributed by atoms with Gasteiger partial charge in [0.15, 0.2) is 17.3 Å². The Hall–Kier alpha value is -3.91. The van der Waals surface area contributed by atoms with Crippen molar-refractivity contribution in [3.05, 3.63) is 92.5 Å². The Morgan fingerprint density at radius 2 is 1.72 bits per heavy atom. The Morgan fingerprint density at radius 3 is 2.41 bits per heavy atom. The van der Waals surface area contributed by atoms with E-state index in [2.05, 4.69) is 15.9 Å². The summed E-state index contributed by atoms with van der Waals surface area (Å²) in [6, 6.07) is 11.3. The van der Waals surface area contributed by atoms with Gasteiger partial charge in [-0.25, -0.2) is 0 Å². The van der Waals surface area contributed by atoms with Gasteiger partial charge in [-0.15, -0.1) is 0 Å². The summed E-state index contributed by atoms with van der Waals surface area (Å²) in [4.78, 5) is 67.1. The van der Waals surface area contributed by atoms with E-state index >= 15 is 0 Å². The van der Waals surface area contributed by atoms with E-state index in [0.29, 0.717) is 44.4 Å². The summed E-state index contributed by atoms with van der Waals surface area (Å²) in [6.45, 7) is 3.05. The highest BCUT2D eigenvalue weighted by Crippen LogP contribution is 2.56. The third-order valence-corrected chi connectivity index (χ3v) is 8.89. The molecule has 1 aliphatic heterocycles. The first-order valence-corrected chi connectivity index (χ1v) is 13.5. The largest absolute Gasteiger partial charge is 0.508 e. The van der Waals surface area contributed by atoms with Gasteiger partial charge in [-0.3, -0.25) is 28.9 Å². The molecule has 1 saturated heterocycles. The number of anilines is 1. The summed E-state index contributed by atoms with van der Waals surface area (Å²) in [5, 5.41) is 10.9. The monoisotopic (exact) mass is 585 g/mol. The molecule has 1 heterocycles. The molecule has 4 unspecified atom stereocenters. The van der Waals surface area contributed by atoms with Crippen LogP contribution in [0.15, 0.2) is 81.4 Å². The van der Waals surface area contributed by atoms with Crippen LogP contribution in [0.3, 0.4) is 0 Å². The molecule has 1 N–H and O–H groups in total. The molecule has 7 nitrogen and oxygen atoms in total. The lowest BCUT2D eigenvalue weighted by molar-refractivity contribution is -0.123. The minimum absolute atomic E-state index is 0.0220. The van der Waals surface area contributed by atoms with E-state index in [-0.39, 0.29) is 41.3 Å². The highest BCUT2D eigenvalue weighted by Gasteiger charge is 2.56. The third-order valence-electron chi connectivity index (χ3n) is 8.39. The summed E-state index contributed by atoms with van der Waals surface area (Å²) in [5.74, 6) is -3.89. The van der Waals surface area contributed by atoms with Crippen molar-refractivity contribution in [3.8, 4) is 5.75 Å². The summed E-state index contributed by atoms with van der Waals surface area (Å²) in [5.41, 5.74) is 3.11. The van der Waals surface area contributed by atoms with Crippen LogP contribution in [0, 0.1) is 17.8 Å². The van der Waals surface area contributed by atoms with Crippen molar-refractivity contribution in [2.24, 2.45) is 17.8 Å². The molecule has 2 amide bonds. The molecule has 1 fully saturated rings. The molecule has 196 valence electrons. The minimum atomic E-state index is -0.718. The molecule has 0 bridgehead atoms. The number of halogens is 1. The van der Waals surface area contributed by atoms with Crippen molar-refractivity contribution in [1.29, 1.82) is 0 Å². The zero-order valence-corrected chi connectivity index (χ0v) is 22.8. The number of hydrogen-bond acceptors (Lipinski definition) is 6. The number of fused-ring (bicyclic) bond motifs is 3. The first-order chi connectivity index (χ1) is 18.6. The number of Topliss-reactive ketones (excluding diaryl/α,β-unsaturated/α-hetero) is 2. The molecule has 6 rings (SSSR count). The number of carbonyl (C=O) groups is 5. The fourth-order valence-corrected chi connectivity index (χ4v) is 6.97. The third kappa shape index (κ3) is 3.80. The molecule has 39 heavy (non-hydrogen) atoms. The first-order valence-electron chi connectivity index (χ1n) is 12.8. The van der Waals surface area contributed by atoms with Crippen molar-refractivity contribution in [2.45, 2.75) is 32.6 Å². The molecule has 4 aliphatic rings. The Morgan fingerprint density at radius 1 is 1.00 bits per heavy atom. The lowest BCUT2D eigenvalue weighted by Gasteiger charge is -2.42. The fourth-order valence-electron chi connectivity index (χ4n) is 6.59. The minimum Gasteiger partial charge on any atom is -0.508 e. The molecule has 2 aromatic rings.